The average molecular weight is 393 g/mol. The van der Waals surface area contributed by atoms with E-state index >= 15 is 0 Å². The highest BCUT2D eigenvalue weighted by Crippen LogP contribution is 2.50. The van der Waals surface area contributed by atoms with Gasteiger partial charge in [0.25, 0.3) is 5.91 Å². The molecule has 1 atom stereocenters. The van der Waals surface area contributed by atoms with Gasteiger partial charge in [-0.2, -0.15) is 0 Å². The first-order valence-electron chi connectivity index (χ1n) is 8.25. The standard InChI is InChI=1S/C18H14F3N3O2S/c19-11-4-3-5-12(8-11)23(22-26)16-14-6-1-2-7-15(14)24(17(16)25)27-13-9-18(20,21)10-13/h1-8,13,16H,9-10H2. The van der Waals surface area contributed by atoms with E-state index in [4.69, 9.17) is 0 Å². The first kappa shape index (κ1) is 17.8. The summed E-state index contributed by atoms with van der Waals surface area (Å²) in [6, 6.07) is 10.9. The number of hydrogen-bond donors (Lipinski definition) is 0. The summed E-state index contributed by atoms with van der Waals surface area (Å²) in [4.78, 5) is 24.6. The highest BCUT2D eigenvalue weighted by Gasteiger charge is 2.50. The number of nitrogens with zero attached hydrogens (tertiary/aromatic N) is 3. The van der Waals surface area contributed by atoms with Gasteiger partial charge in [0.15, 0.2) is 6.04 Å². The Hall–Kier alpha value is -2.55. The Labute approximate surface area is 157 Å². The third-order valence-corrected chi connectivity index (χ3v) is 5.82. The van der Waals surface area contributed by atoms with Crippen LogP contribution < -0.4 is 9.31 Å². The summed E-state index contributed by atoms with van der Waals surface area (Å²) < 4.78 is 41.2. The van der Waals surface area contributed by atoms with Gasteiger partial charge in [-0.25, -0.2) is 18.2 Å². The average Bonchev–Trinajstić information content (AvgIpc) is 2.87. The smallest absolute Gasteiger partial charge is 0.266 e. The number of anilines is 2. The maximum Gasteiger partial charge on any atom is 0.266 e. The summed E-state index contributed by atoms with van der Waals surface area (Å²) in [6.45, 7) is 0. The molecular weight excluding hydrogens is 379 g/mol. The van der Waals surface area contributed by atoms with E-state index in [1.165, 1.54) is 22.5 Å². The highest BCUT2D eigenvalue weighted by atomic mass is 32.2. The molecule has 1 unspecified atom stereocenters. The number of rotatable bonds is 5. The van der Waals surface area contributed by atoms with Crippen LogP contribution in [0.4, 0.5) is 24.5 Å². The van der Waals surface area contributed by atoms with Crippen molar-refractivity contribution in [3.8, 4) is 0 Å². The van der Waals surface area contributed by atoms with Crippen LogP contribution in [-0.2, 0) is 4.79 Å². The Morgan fingerprint density at radius 2 is 1.89 bits per heavy atom. The molecule has 0 aromatic heterocycles. The lowest BCUT2D eigenvalue weighted by molar-refractivity contribution is -0.118. The molecule has 1 fully saturated rings. The summed E-state index contributed by atoms with van der Waals surface area (Å²) in [7, 11) is 0. The molecule has 0 bridgehead atoms. The van der Waals surface area contributed by atoms with Crippen molar-refractivity contribution in [1.82, 2.24) is 0 Å². The van der Waals surface area contributed by atoms with E-state index in [0.29, 0.717) is 11.3 Å². The van der Waals surface area contributed by atoms with E-state index in [0.717, 1.165) is 23.0 Å². The predicted octanol–water partition coefficient (Wildman–Crippen LogP) is 4.85. The quantitative estimate of drug-likeness (QED) is 0.414. The minimum atomic E-state index is -2.70. The normalized spacial score (nSPS) is 20.9. The maximum atomic E-state index is 13.6. The minimum Gasteiger partial charge on any atom is -0.271 e. The number of carbonyl (C=O) groups excluding carboxylic acids is 1. The van der Waals surface area contributed by atoms with Gasteiger partial charge >= 0.3 is 0 Å². The second-order valence-corrected chi connectivity index (χ2v) is 7.73. The SMILES string of the molecule is O=NN(c1cccc(F)c1)C1C(=O)N(SC2CC(F)(F)C2)c2ccccc21. The summed E-state index contributed by atoms with van der Waals surface area (Å²) in [5, 5.41) is 3.47. The molecule has 1 saturated carbocycles. The Morgan fingerprint density at radius 3 is 2.56 bits per heavy atom. The number of carbonyl (C=O) groups is 1. The molecule has 2 aromatic carbocycles. The molecule has 27 heavy (non-hydrogen) atoms. The van der Waals surface area contributed by atoms with Gasteiger partial charge in [0.2, 0.25) is 5.92 Å². The zero-order chi connectivity index (χ0) is 19.2. The van der Waals surface area contributed by atoms with Crippen molar-refractivity contribution in [1.29, 1.82) is 0 Å². The first-order chi connectivity index (χ1) is 12.9. The van der Waals surface area contributed by atoms with Crippen LogP contribution in [0, 0.1) is 10.7 Å². The Balaban J connectivity index is 1.67. The van der Waals surface area contributed by atoms with Gasteiger partial charge in [0.05, 0.1) is 16.7 Å². The molecule has 9 heteroatoms. The molecule has 0 N–H and O–H groups in total. The van der Waals surface area contributed by atoms with Gasteiger partial charge in [-0.3, -0.25) is 9.10 Å². The molecule has 0 saturated heterocycles. The number of para-hydroxylation sites is 1. The zero-order valence-electron chi connectivity index (χ0n) is 13.9. The lowest BCUT2D eigenvalue weighted by Crippen LogP contribution is -2.41. The van der Waals surface area contributed by atoms with E-state index in [9.17, 15) is 22.9 Å². The molecule has 4 rings (SSSR count). The fourth-order valence-electron chi connectivity index (χ4n) is 3.30. The fraction of sp³-hybridized carbons (Fsp3) is 0.278. The van der Waals surface area contributed by atoms with Crippen molar-refractivity contribution in [2.24, 2.45) is 5.29 Å². The molecule has 0 spiro atoms. The Kier molecular flexibility index (Phi) is 4.33. The van der Waals surface area contributed by atoms with Crippen molar-refractivity contribution in [3.63, 3.8) is 0 Å². The highest BCUT2D eigenvalue weighted by molar-refractivity contribution is 8.02. The summed E-state index contributed by atoms with van der Waals surface area (Å²) in [6.07, 6.45) is -0.596. The van der Waals surface area contributed by atoms with Crippen molar-refractivity contribution < 1.29 is 18.0 Å². The van der Waals surface area contributed by atoms with Crippen molar-refractivity contribution in [2.75, 3.05) is 9.31 Å². The van der Waals surface area contributed by atoms with Crippen LogP contribution in [0.1, 0.15) is 24.4 Å². The molecule has 2 aromatic rings. The molecule has 1 heterocycles. The molecule has 1 aliphatic heterocycles. The van der Waals surface area contributed by atoms with Crippen molar-refractivity contribution in [2.45, 2.75) is 30.1 Å². The van der Waals surface area contributed by atoms with Gasteiger partial charge in [-0.1, -0.05) is 24.3 Å². The van der Waals surface area contributed by atoms with Crippen LogP contribution in [-0.4, -0.2) is 17.1 Å². The van der Waals surface area contributed by atoms with E-state index in [1.54, 1.807) is 24.3 Å². The van der Waals surface area contributed by atoms with E-state index in [-0.39, 0.29) is 23.8 Å². The number of nitroso groups, excluding NO2 is 1. The van der Waals surface area contributed by atoms with E-state index in [1.807, 2.05) is 0 Å². The molecule has 2 aliphatic rings. The number of benzene rings is 2. The molecule has 1 amide bonds. The summed E-state index contributed by atoms with van der Waals surface area (Å²) >= 11 is 1.04. The zero-order valence-corrected chi connectivity index (χ0v) is 14.7. The largest absolute Gasteiger partial charge is 0.271 e. The fourth-order valence-corrected chi connectivity index (χ4v) is 4.72. The first-order valence-corrected chi connectivity index (χ1v) is 9.09. The number of amides is 1. The lowest BCUT2D eigenvalue weighted by Gasteiger charge is -2.36. The van der Waals surface area contributed by atoms with Gasteiger partial charge in [0.1, 0.15) is 5.82 Å². The van der Waals surface area contributed by atoms with Crippen molar-refractivity contribution >= 4 is 29.2 Å². The summed E-state index contributed by atoms with van der Waals surface area (Å²) in [5.41, 5.74) is 1.18. The number of alkyl halides is 2. The molecule has 140 valence electrons. The van der Waals surface area contributed by atoms with Gasteiger partial charge in [0, 0.05) is 23.7 Å². The topological polar surface area (TPSA) is 53.0 Å². The van der Waals surface area contributed by atoms with Gasteiger partial charge < -0.3 is 0 Å². The second-order valence-electron chi connectivity index (χ2n) is 6.49. The van der Waals surface area contributed by atoms with Crippen LogP contribution in [0.25, 0.3) is 0 Å². The molecule has 1 aliphatic carbocycles. The molecular formula is C18H14F3N3O2S. The van der Waals surface area contributed by atoms with Crippen LogP contribution >= 0.6 is 11.9 Å². The Morgan fingerprint density at radius 1 is 1.15 bits per heavy atom. The van der Waals surface area contributed by atoms with Gasteiger partial charge in [-0.05, 0) is 36.2 Å². The summed E-state index contributed by atoms with van der Waals surface area (Å²) in [5.74, 6) is -3.74. The number of hydrogen-bond acceptors (Lipinski definition) is 4. The van der Waals surface area contributed by atoms with E-state index < -0.39 is 23.7 Å². The third-order valence-electron chi connectivity index (χ3n) is 4.60. The van der Waals surface area contributed by atoms with Gasteiger partial charge in [-0.15, -0.1) is 4.91 Å². The monoisotopic (exact) mass is 393 g/mol. The number of halogens is 3. The second kappa shape index (κ2) is 6.56. The predicted molar refractivity (Wildman–Crippen MR) is 96.9 cm³/mol. The Bertz CT molecular complexity index is 903. The maximum absolute atomic E-state index is 13.6. The molecule has 5 nitrogen and oxygen atoms in total. The lowest BCUT2D eigenvalue weighted by atomic mass is 9.94. The number of fused-ring (bicyclic) bond motifs is 1. The molecule has 0 radical (unpaired) electrons. The van der Waals surface area contributed by atoms with Crippen LogP contribution in [0.5, 0.6) is 0 Å². The minimum absolute atomic E-state index is 0.139. The van der Waals surface area contributed by atoms with E-state index in [2.05, 4.69) is 5.29 Å². The van der Waals surface area contributed by atoms with Crippen LogP contribution in [0.2, 0.25) is 0 Å². The van der Waals surface area contributed by atoms with Crippen molar-refractivity contribution in [3.05, 3.63) is 64.8 Å². The third kappa shape index (κ3) is 3.16. The van der Waals surface area contributed by atoms with Crippen LogP contribution in [0.3, 0.4) is 0 Å². The van der Waals surface area contributed by atoms with Crippen LogP contribution in [0.15, 0.2) is 53.8 Å².